The fourth-order valence-electron chi connectivity index (χ4n) is 2.68. The first-order valence-corrected chi connectivity index (χ1v) is 8.86. The molecule has 0 radical (unpaired) electrons. The van der Waals surface area contributed by atoms with E-state index in [9.17, 15) is 18.0 Å². The second-order valence-electron chi connectivity index (χ2n) is 7.10. The van der Waals surface area contributed by atoms with Gasteiger partial charge in [0.05, 0.1) is 5.56 Å². The van der Waals surface area contributed by atoms with Crippen LogP contribution in [0, 0.1) is 0 Å². The number of nitrogens with zero attached hydrogens (tertiary/aromatic N) is 1. The third-order valence-corrected chi connectivity index (χ3v) is 4.21. The molecule has 0 aromatic heterocycles. The number of rotatable bonds is 2. The lowest BCUT2D eigenvalue weighted by molar-refractivity contribution is -0.137. The third kappa shape index (κ3) is 5.80. The van der Waals surface area contributed by atoms with Gasteiger partial charge in [0.25, 0.3) is 0 Å². The number of carbonyl (C=O) groups excluding carboxylic acids is 1. The van der Waals surface area contributed by atoms with Crippen molar-refractivity contribution in [2.75, 3.05) is 18.4 Å². The Hall–Kier alpha value is -1.44. The summed E-state index contributed by atoms with van der Waals surface area (Å²) in [6.45, 7) is 6.19. The maximum atomic E-state index is 13.2. The van der Waals surface area contributed by atoms with Crippen LogP contribution >= 0.6 is 15.9 Å². The summed E-state index contributed by atoms with van der Waals surface area (Å²) in [6.07, 6.45) is -3.50. The third-order valence-electron chi connectivity index (χ3n) is 3.72. The number of carbonyl (C=O) groups is 1. The SMILES string of the molecule is CC(C)(C)OC(=O)N1CCCC(Nc2ccc(Br)cc2C(F)(F)F)C1. The Morgan fingerprint density at radius 3 is 2.60 bits per heavy atom. The Balaban J connectivity index is 2.10. The average molecular weight is 423 g/mol. The fraction of sp³-hybridized carbons (Fsp3) is 0.588. The molecule has 1 unspecified atom stereocenters. The standard InChI is InChI=1S/C17H22BrF3N2O2/c1-16(2,3)25-15(24)23-8-4-5-12(10-23)22-14-7-6-11(18)9-13(14)17(19,20)21/h6-7,9,12,22H,4-5,8,10H2,1-3H3. The molecule has 1 fully saturated rings. The molecule has 0 spiro atoms. The Bertz CT molecular complexity index is 629. The predicted octanol–water partition coefficient (Wildman–Crippen LogP) is 5.28. The minimum Gasteiger partial charge on any atom is -0.444 e. The second kappa shape index (κ2) is 7.43. The Labute approximate surface area is 153 Å². The van der Waals surface area contributed by atoms with Gasteiger partial charge in [-0.25, -0.2) is 4.79 Å². The van der Waals surface area contributed by atoms with E-state index in [1.165, 1.54) is 6.07 Å². The van der Waals surface area contributed by atoms with Crippen molar-refractivity contribution in [3.8, 4) is 0 Å². The molecule has 1 aromatic rings. The zero-order valence-electron chi connectivity index (χ0n) is 14.4. The van der Waals surface area contributed by atoms with E-state index in [0.717, 1.165) is 6.07 Å². The Kier molecular flexibility index (Phi) is 5.91. The smallest absolute Gasteiger partial charge is 0.418 e. The number of likely N-dealkylation sites (tertiary alicyclic amines) is 1. The fourth-order valence-corrected chi connectivity index (χ4v) is 3.05. The van der Waals surface area contributed by atoms with Gasteiger partial charge in [-0.3, -0.25) is 0 Å². The summed E-state index contributed by atoms with van der Waals surface area (Å²) in [5.41, 5.74) is -1.31. The molecule has 1 aliphatic rings. The maximum absolute atomic E-state index is 13.2. The van der Waals surface area contributed by atoms with Crippen molar-refractivity contribution in [2.24, 2.45) is 0 Å². The number of piperidine rings is 1. The number of hydrogen-bond donors (Lipinski definition) is 1. The van der Waals surface area contributed by atoms with Gasteiger partial charge in [0.15, 0.2) is 0 Å². The quantitative estimate of drug-likeness (QED) is 0.704. The van der Waals surface area contributed by atoms with Crippen LogP contribution in [0.15, 0.2) is 22.7 Å². The molecular formula is C17H22BrF3N2O2. The van der Waals surface area contributed by atoms with Crippen LogP contribution in [0.25, 0.3) is 0 Å². The Morgan fingerprint density at radius 1 is 1.32 bits per heavy atom. The summed E-state index contributed by atoms with van der Waals surface area (Å²) in [5, 5.41) is 2.94. The van der Waals surface area contributed by atoms with Gasteiger partial charge in [-0.2, -0.15) is 13.2 Å². The van der Waals surface area contributed by atoms with E-state index >= 15 is 0 Å². The van der Waals surface area contributed by atoms with Gasteiger partial charge in [0.1, 0.15) is 5.60 Å². The maximum Gasteiger partial charge on any atom is 0.418 e. The Morgan fingerprint density at radius 2 is 2.00 bits per heavy atom. The first-order chi connectivity index (χ1) is 11.5. The van der Waals surface area contributed by atoms with Gasteiger partial charge >= 0.3 is 12.3 Å². The van der Waals surface area contributed by atoms with Gasteiger partial charge in [-0.05, 0) is 51.8 Å². The highest BCUT2D eigenvalue weighted by molar-refractivity contribution is 9.10. The topological polar surface area (TPSA) is 41.6 Å². The first kappa shape index (κ1) is 19.9. The number of ether oxygens (including phenoxy) is 1. The van der Waals surface area contributed by atoms with E-state index in [1.807, 2.05) is 0 Å². The molecule has 8 heteroatoms. The van der Waals surface area contributed by atoms with Crippen molar-refractivity contribution in [3.63, 3.8) is 0 Å². The molecular weight excluding hydrogens is 401 g/mol. The van der Waals surface area contributed by atoms with E-state index in [1.54, 1.807) is 31.7 Å². The van der Waals surface area contributed by atoms with Crippen molar-refractivity contribution in [3.05, 3.63) is 28.2 Å². The lowest BCUT2D eigenvalue weighted by Gasteiger charge is -2.35. The zero-order chi connectivity index (χ0) is 18.8. The molecule has 4 nitrogen and oxygen atoms in total. The summed E-state index contributed by atoms with van der Waals surface area (Å²) < 4.78 is 45.4. The van der Waals surface area contributed by atoms with E-state index < -0.39 is 23.4 Å². The van der Waals surface area contributed by atoms with Crippen molar-refractivity contribution >= 4 is 27.7 Å². The largest absolute Gasteiger partial charge is 0.444 e. The van der Waals surface area contributed by atoms with Crippen LogP contribution in [0.5, 0.6) is 0 Å². The minimum absolute atomic E-state index is 0.0201. The van der Waals surface area contributed by atoms with Crippen LogP contribution in [0.3, 0.4) is 0 Å². The predicted molar refractivity (Wildman–Crippen MR) is 93.6 cm³/mol. The van der Waals surface area contributed by atoms with Crippen LogP contribution in [0.1, 0.15) is 39.2 Å². The monoisotopic (exact) mass is 422 g/mol. The molecule has 1 N–H and O–H groups in total. The van der Waals surface area contributed by atoms with Crippen LogP contribution in [-0.2, 0) is 10.9 Å². The zero-order valence-corrected chi connectivity index (χ0v) is 16.0. The van der Waals surface area contributed by atoms with Crippen molar-refractivity contribution in [2.45, 2.75) is 51.4 Å². The molecule has 1 saturated heterocycles. The lowest BCUT2D eigenvalue weighted by Crippen LogP contribution is -2.47. The average Bonchev–Trinajstić information content (AvgIpc) is 2.46. The summed E-state index contributed by atoms with van der Waals surface area (Å²) in [7, 11) is 0. The molecule has 25 heavy (non-hydrogen) atoms. The minimum atomic E-state index is -4.45. The van der Waals surface area contributed by atoms with Crippen LogP contribution in [0.4, 0.5) is 23.7 Å². The van der Waals surface area contributed by atoms with Crippen molar-refractivity contribution in [1.82, 2.24) is 4.90 Å². The van der Waals surface area contributed by atoms with Crippen molar-refractivity contribution in [1.29, 1.82) is 0 Å². The lowest BCUT2D eigenvalue weighted by atomic mass is 10.0. The normalized spacial score (nSPS) is 18.8. The number of anilines is 1. The van der Waals surface area contributed by atoms with E-state index in [0.29, 0.717) is 30.4 Å². The van der Waals surface area contributed by atoms with Crippen LogP contribution in [-0.4, -0.2) is 35.7 Å². The molecule has 0 bridgehead atoms. The van der Waals surface area contributed by atoms with Crippen LogP contribution in [0.2, 0.25) is 0 Å². The van der Waals surface area contributed by atoms with E-state index in [-0.39, 0.29) is 11.7 Å². The molecule has 1 heterocycles. The molecule has 1 aromatic carbocycles. The van der Waals surface area contributed by atoms with Gasteiger partial charge in [0, 0.05) is 29.3 Å². The highest BCUT2D eigenvalue weighted by Gasteiger charge is 2.35. The van der Waals surface area contributed by atoms with E-state index in [2.05, 4.69) is 21.2 Å². The number of nitrogens with one attached hydrogen (secondary N) is 1. The summed E-state index contributed by atoms with van der Waals surface area (Å²) in [6, 6.07) is 3.76. The van der Waals surface area contributed by atoms with E-state index in [4.69, 9.17) is 4.74 Å². The number of benzene rings is 1. The van der Waals surface area contributed by atoms with Gasteiger partial charge in [-0.15, -0.1) is 0 Å². The summed E-state index contributed by atoms with van der Waals surface area (Å²) >= 11 is 3.07. The first-order valence-electron chi connectivity index (χ1n) is 8.07. The summed E-state index contributed by atoms with van der Waals surface area (Å²) in [4.78, 5) is 13.7. The van der Waals surface area contributed by atoms with Crippen molar-refractivity contribution < 1.29 is 22.7 Å². The van der Waals surface area contributed by atoms with Gasteiger partial charge in [0.2, 0.25) is 0 Å². The van der Waals surface area contributed by atoms with Crippen LogP contribution < -0.4 is 5.32 Å². The highest BCUT2D eigenvalue weighted by Crippen LogP contribution is 2.37. The van der Waals surface area contributed by atoms with Gasteiger partial charge < -0.3 is 15.0 Å². The molecule has 0 saturated carbocycles. The molecule has 1 aliphatic heterocycles. The number of alkyl halides is 3. The second-order valence-corrected chi connectivity index (χ2v) is 8.01. The molecule has 2 rings (SSSR count). The molecule has 140 valence electrons. The van der Waals surface area contributed by atoms with Gasteiger partial charge in [-0.1, -0.05) is 15.9 Å². The summed E-state index contributed by atoms with van der Waals surface area (Å²) in [5.74, 6) is 0. The number of hydrogen-bond acceptors (Lipinski definition) is 3. The number of halogens is 4. The molecule has 0 aliphatic carbocycles. The number of amides is 1. The molecule has 1 amide bonds. The highest BCUT2D eigenvalue weighted by atomic mass is 79.9. The molecule has 1 atom stereocenters.